The molecular formula is C33H33Cl2FN3O3Si. The van der Waals surface area contributed by atoms with Gasteiger partial charge in [0.15, 0.2) is 11.0 Å². The first-order valence-electron chi connectivity index (χ1n) is 13.7. The molecule has 0 saturated carbocycles. The lowest BCUT2D eigenvalue weighted by molar-refractivity contribution is 0.0973. The normalized spacial score (nSPS) is 11.7. The van der Waals surface area contributed by atoms with Crippen molar-refractivity contribution < 1.29 is 18.4 Å². The number of primary amides is 1. The van der Waals surface area contributed by atoms with Crippen LogP contribution in [-0.2, 0) is 16.4 Å². The Morgan fingerprint density at radius 3 is 2.14 bits per heavy atom. The van der Waals surface area contributed by atoms with E-state index < -0.39 is 48.1 Å². The maximum atomic E-state index is 15.1. The number of amides is 2. The Labute approximate surface area is 263 Å². The summed E-state index contributed by atoms with van der Waals surface area (Å²) in [7, 11) is -1.70. The molecule has 0 aliphatic rings. The number of para-hydroxylation sites is 1. The summed E-state index contributed by atoms with van der Waals surface area (Å²) in [6.45, 7) is 10.6. The summed E-state index contributed by atoms with van der Waals surface area (Å²) in [6.07, 6.45) is 0. The summed E-state index contributed by atoms with van der Waals surface area (Å²) in [5.74, 6) is -3.24. The molecule has 0 fully saturated rings. The third-order valence-corrected chi connectivity index (χ3v) is 9.66. The third-order valence-electron chi connectivity index (χ3n) is 6.99. The van der Waals surface area contributed by atoms with Crippen molar-refractivity contribution in [3.8, 4) is 0 Å². The first-order valence-corrected chi connectivity index (χ1v) is 15.9. The Kier molecular flexibility index (Phi) is 10.1. The number of carbonyl (C=O) groups excluding carboxylic acids is 2. The minimum absolute atomic E-state index is 0.0100. The van der Waals surface area contributed by atoms with Gasteiger partial charge in [0.1, 0.15) is 5.15 Å². The molecule has 0 aliphatic heterocycles. The fourth-order valence-electron chi connectivity index (χ4n) is 4.69. The van der Waals surface area contributed by atoms with E-state index in [4.69, 9.17) is 33.4 Å². The highest BCUT2D eigenvalue weighted by Crippen LogP contribution is 2.32. The van der Waals surface area contributed by atoms with E-state index in [1.165, 1.54) is 5.56 Å². The number of nitrogens with one attached hydrogen (secondary N) is 1. The van der Waals surface area contributed by atoms with Gasteiger partial charge in [-0.15, -0.1) is 0 Å². The van der Waals surface area contributed by atoms with E-state index in [2.05, 4.69) is 55.3 Å². The second-order valence-electron chi connectivity index (χ2n) is 11.4. The van der Waals surface area contributed by atoms with E-state index >= 15 is 4.39 Å². The van der Waals surface area contributed by atoms with Gasteiger partial charge in [-0.1, -0.05) is 131 Å². The zero-order valence-corrected chi connectivity index (χ0v) is 27.1. The molecule has 10 heteroatoms. The predicted octanol–water partition coefficient (Wildman–Crippen LogP) is 6.62. The van der Waals surface area contributed by atoms with Crippen molar-refractivity contribution in [2.24, 2.45) is 5.73 Å². The highest BCUT2D eigenvalue weighted by Gasteiger charge is 2.29. The number of hydrogen-bond acceptors (Lipinski definition) is 4. The number of carbonyl (C=O) groups is 2. The van der Waals surface area contributed by atoms with E-state index in [1.54, 1.807) is 0 Å². The van der Waals surface area contributed by atoms with Crippen LogP contribution in [0.15, 0.2) is 72.8 Å². The molecule has 43 heavy (non-hydrogen) atoms. The Balaban J connectivity index is 1.73. The molecule has 0 unspecified atom stereocenters. The second kappa shape index (κ2) is 13.4. The van der Waals surface area contributed by atoms with Crippen LogP contribution < -0.4 is 21.4 Å². The number of rotatable bonds is 9. The van der Waals surface area contributed by atoms with Crippen LogP contribution in [0, 0.1) is 5.82 Å². The largest absolute Gasteiger partial charge is 0.403 e. The lowest BCUT2D eigenvalue weighted by Crippen LogP contribution is -2.45. The molecule has 0 bridgehead atoms. The summed E-state index contributed by atoms with van der Waals surface area (Å²) in [6, 6.07) is 24.1. The molecule has 0 saturated heterocycles. The number of benzene rings is 3. The molecule has 6 nitrogen and oxygen atoms in total. The van der Waals surface area contributed by atoms with Crippen LogP contribution in [0.2, 0.25) is 10.3 Å². The van der Waals surface area contributed by atoms with Crippen molar-refractivity contribution >= 4 is 60.1 Å². The van der Waals surface area contributed by atoms with Gasteiger partial charge in [-0.25, -0.2) is 9.37 Å². The van der Waals surface area contributed by atoms with Crippen LogP contribution in [0.1, 0.15) is 77.9 Å². The van der Waals surface area contributed by atoms with E-state index in [-0.39, 0.29) is 17.9 Å². The minimum atomic E-state index is -1.70. The van der Waals surface area contributed by atoms with Gasteiger partial charge in [-0.05, 0) is 32.8 Å². The Morgan fingerprint density at radius 1 is 0.930 bits per heavy atom. The lowest BCUT2D eigenvalue weighted by atomic mass is 9.87. The third kappa shape index (κ3) is 7.33. The second-order valence-corrected chi connectivity index (χ2v) is 14.2. The van der Waals surface area contributed by atoms with Crippen molar-refractivity contribution in [3.05, 3.63) is 117 Å². The average molecular weight is 638 g/mol. The van der Waals surface area contributed by atoms with E-state index in [9.17, 15) is 9.59 Å². The zero-order chi connectivity index (χ0) is 31.5. The number of hydrogen-bond donors (Lipinski definition) is 2. The first-order chi connectivity index (χ1) is 20.3. The van der Waals surface area contributed by atoms with Crippen molar-refractivity contribution in [1.29, 1.82) is 0 Å². The van der Waals surface area contributed by atoms with Crippen LogP contribution in [0.3, 0.4) is 0 Å². The Morgan fingerprint density at radius 2 is 1.56 bits per heavy atom. The summed E-state index contributed by atoms with van der Waals surface area (Å²) in [5.41, 5.74) is 7.36. The van der Waals surface area contributed by atoms with Crippen molar-refractivity contribution in [2.75, 3.05) is 5.32 Å². The molecule has 0 aliphatic carbocycles. The number of anilines is 1. The Hall–Kier alpha value is -3.56. The van der Waals surface area contributed by atoms with E-state index in [1.807, 2.05) is 62.4 Å². The molecule has 1 heterocycles. The molecule has 4 rings (SSSR count). The fourth-order valence-corrected chi connectivity index (χ4v) is 7.12. The monoisotopic (exact) mass is 636 g/mol. The highest BCUT2D eigenvalue weighted by atomic mass is 35.5. The number of pyridine rings is 1. The number of nitrogens with two attached hydrogens (primary N) is 1. The summed E-state index contributed by atoms with van der Waals surface area (Å²) >= 11 is 11.9. The molecule has 223 valence electrons. The number of nitrogens with zero attached hydrogens (tertiary/aromatic N) is 1. The van der Waals surface area contributed by atoms with Crippen LogP contribution >= 0.6 is 23.2 Å². The molecule has 1 aromatic heterocycles. The predicted molar refractivity (Wildman–Crippen MR) is 173 cm³/mol. The zero-order valence-electron chi connectivity index (χ0n) is 24.6. The molecule has 2 amide bonds. The number of halogens is 3. The highest BCUT2D eigenvalue weighted by molar-refractivity contribution is 6.80. The van der Waals surface area contributed by atoms with Crippen LogP contribution in [0.5, 0.6) is 0 Å². The minimum Gasteiger partial charge on any atom is -0.403 e. The first kappa shape index (κ1) is 32.4. The molecular weight excluding hydrogens is 604 g/mol. The lowest BCUT2D eigenvalue weighted by Gasteiger charge is -2.23. The number of aromatic nitrogens is 1. The molecule has 1 radical (unpaired) electrons. The van der Waals surface area contributed by atoms with Crippen LogP contribution in [-0.4, -0.2) is 25.8 Å². The fraction of sp³-hybridized carbons (Fsp3) is 0.242. The van der Waals surface area contributed by atoms with Gasteiger partial charge in [0.2, 0.25) is 0 Å². The maximum absolute atomic E-state index is 15.1. The van der Waals surface area contributed by atoms with Gasteiger partial charge in [0.25, 0.3) is 20.9 Å². The van der Waals surface area contributed by atoms with Gasteiger partial charge in [0.05, 0.1) is 17.7 Å². The molecule has 0 spiro atoms. The topological polar surface area (TPSA) is 94.3 Å². The maximum Gasteiger partial charge on any atom is 0.283 e. The molecule has 4 aromatic rings. The van der Waals surface area contributed by atoms with Gasteiger partial charge in [-0.3, -0.25) is 9.59 Å². The van der Waals surface area contributed by atoms with Crippen molar-refractivity contribution in [1.82, 2.24) is 4.98 Å². The molecule has 3 N–H and O–H groups in total. The standard InChI is InChI=1S/C33H33Cl2FN3O3Si/c1-19(2)24-13-9-10-20(28(24)38-32(41)25-26(31(37)40)29(34)39-30(35)27(25)36)18-42-43(22-11-7-6-8-12-22)23-16-14-21(15-17-23)33(3,4)5/h6-17,19H,18H2,1-5H3,(H2,37,40)(H,38,41). The SMILES string of the molecule is CC(C)c1cccc(CO[Si](c2ccccc2)c2ccc(C(C)(C)C)cc2)c1NC(=O)c1c(F)c(Cl)nc(Cl)c1C(N)=O. The van der Waals surface area contributed by atoms with Gasteiger partial charge >= 0.3 is 0 Å². The summed E-state index contributed by atoms with van der Waals surface area (Å²) in [4.78, 5) is 29.3. The van der Waals surface area contributed by atoms with Crippen LogP contribution in [0.25, 0.3) is 0 Å². The van der Waals surface area contributed by atoms with Gasteiger partial charge < -0.3 is 15.5 Å². The average Bonchev–Trinajstić information content (AvgIpc) is 2.95. The Bertz CT molecular complexity index is 1640. The van der Waals surface area contributed by atoms with Crippen molar-refractivity contribution in [2.45, 2.75) is 52.6 Å². The molecule has 0 atom stereocenters. The van der Waals surface area contributed by atoms with Crippen LogP contribution in [0.4, 0.5) is 10.1 Å². The van der Waals surface area contributed by atoms with Gasteiger partial charge in [0, 0.05) is 11.3 Å². The van der Waals surface area contributed by atoms with E-state index in [0.29, 0.717) is 11.3 Å². The summed E-state index contributed by atoms with van der Waals surface area (Å²) < 4.78 is 21.8. The van der Waals surface area contributed by atoms with Crippen molar-refractivity contribution in [3.63, 3.8) is 0 Å². The smallest absolute Gasteiger partial charge is 0.283 e. The van der Waals surface area contributed by atoms with Gasteiger partial charge in [-0.2, -0.15) is 0 Å². The molecule has 3 aromatic carbocycles. The summed E-state index contributed by atoms with van der Waals surface area (Å²) in [5, 5.41) is 3.83. The quantitative estimate of drug-likeness (QED) is 0.159. The van der Waals surface area contributed by atoms with E-state index in [0.717, 1.165) is 15.9 Å².